The fraction of sp³-hybridized carbons (Fsp3) is 0.324. The molecular weight excluding hydrogens is 613 g/mol. The number of aromatic amines is 1. The Morgan fingerprint density at radius 3 is 2.38 bits per heavy atom. The summed E-state index contributed by atoms with van der Waals surface area (Å²) in [6.45, 7) is 1.35. The average Bonchev–Trinajstić information content (AvgIpc) is 3.79. The summed E-state index contributed by atoms with van der Waals surface area (Å²) in [5.74, 6) is 0.226. The first-order valence-electron chi connectivity index (χ1n) is 15.7. The van der Waals surface area contributed by atoms with Crippen molar-refractivity contribution in [3.05, 3.63) is 88.6 Å². The maximum Gasteiger partial charge on any atom is 0.323 e. The van der Waals surface area contributed by atoms with Crippen molar-refractivity contribution >= 4 is 46.1 Å². The molecule has 11 heteroatoms. The molecule has 0 bridgehead atoms. The van der Waals surface area contributed by atoms with Gasteiger partial charge in [0.1, 0.15) is 11.5 Å². The molecule has 2 aliphatic rings. The van der Waals surface area contributed by atoms with Gasteiger partial charge in [0.15, 0.2) is 11.6 Å². The van der Waals surface area contributed by atoms with Gasteiger partial charge in [0.2, 0.25) is 5.78 Å². The van der Waals surface area contributed by atoms with Gasteiger partial charge in [-0.1, -0.05) is 20.3 Å². The number of benzene rings is 3. The van der Waals surface area contributed by atoms with Crippen molar-refractivity contribution in [2.45, 2.75) is 39.0 Å². The number of amides is 3. The monoisotopic (exact) mass is 655 g/mol. The number of likely N-dealkylation sites (N-methyl/N-ethyl adjacent to an activating group) is 2. The molecule has 252 valence electrons. The van der Waals surface area contributed by atoms with E-state index in [2.05, 4.69) is 15.6 Å². The number of H-pyrrole nitrogens is 1. The number of ether oxygens (including phenoxy) is 2. The van der Waals surface area contributed by atoms with Crippen LogP contribution in [0.3, 0.4) is 0 Å². The van der Waals surface area contributed by atoms with E-state index in [-0.39, 0.29) is 30.8 Å². The van der Waals surface area contributed by atoms with E-state index in [1.54, 1.807) is 66.6 Å². The molecule has 3 aromatic carbocycles. The molecule has 1 fully saturated rings. The summed E-state index contributed by atoms with van der Waals surface area (Å²) in [6.07, 6.45) is 5.81. The second kappa shape index (κ2) is 14.3. The standard InChI is InChI=1S/C36H38FN5O5.CH4/c1-41(2)15-16-42(3)35(44)22-9-11-23(12-10-22)38-36(45)39-24-13-14-30-28(17-24)34(43)31(47-30)20-27-26-18-25(46-4)19-29(37)33(26)40-32(27)21-7-5-6-8-21;/h9-14,17-21,40H,5-8,15-16H2,1-4H3,(H2,38,39,45);1H4/b31-20-;. The minimum Gasteiger partial charge on any atom is -0.497 e. The average molecular weight is 656 g/mol. The third kappa shape index (κ3) is 7.06. The van der Waals surface area contributed by atoms with E-state index < -0.39 is 11.8 Å². The van der Waals surface area contributed by atoms with Crippen molar-refractivity contribution in [2.75, 3.05) is 52.0 Å². The van der Waals surface area contributed by atoms with Crippen LogP contribution in [-0.2, 0) is 0 Å². The van der Waals surface area contributed by atoms with Gasteiger partial charge in [-0.05, 0) is 87.5 Å². The number of carbonyl (C=O) groups is 3. The molecule has 4 aromatic rings. The maximum absolute atomic E-state index is 15.0. The largest absolute Gasteiger partial charge is 0.497 e. The van der Waals surface area contributed by atoms with Gasteiger partial charge in [0.25, 0.3) is 5.91 Å². The number of fused-ring (bicyclic) bond motifs is 2. The quantitative estimate of drug-likeness (QED) is 0.161. The van der Waals surface area contributed by atoms with E-state index in [0.29, 0.717) is 57.0 Å². The Kier molecular flexibility index (Phi) is 10.2. The lowest BCUT2D eigenvalue weighted by Gasteiger charge is -2.19. The van der Waals surface area contributed by atoms with Crippen LogP contribution in [0.1, 0.15) is 71.0 Å². The van der Waals surface area contributed by atoms with Crippen LogP contribution in [0.15, 0.2) is 60.4 Å². The van der Waals surface area contributed by atoms with E-state index in [1.807, 2.05) is 19.0 Å². The van der Waals surface area contributed by atoms with Crippen molar-refractivity contribution in [2.24, 2.45) is 0 Å². The van der Waals surface area contributed by atoms with Crippen LogP contribution >= 0.6 is 0 Å². The third-order valence-corrected chi connectivity index (χ3v) is 8.72. The Morgan fingerprint density at radius 2 is 1.69 bits per heavy atom. The summed E-state index contributed by atoms with van der Waals surface area (Å²) in [5, 5.41) is 6.13. The molecule has 1 aliphatic heterocycles. The first-order valence-corrected chi connectivity index (χ1v) is 15.7. The highest BCUT2D eigenvalue weighted by Gasteiger charge is 2.30. The molecule has 2 heterocycles. The molecule has 48 heavy (non-hydrogen) atoms. The van der Waals surface area contributed by atoms with E-state index in [4.69, 9.17) is 9.47 Å². The lowest BCUT2D eigenvalue weighted by molar-refractivity contribution is 0.0786. The molecule has 0 spiro atoms. The van der Waals surface area contributed by atoms with Gasteiger partial charge in [0, 0.05) is 59.8 Å². The predicted octanol–water partition coefficient (Wildman–Crippen LogP) is 7.50. The molecule has 10 nitrogen and oxygen atoms in total. The number of anilines is 2. The zero-order valence-electron chi connectivity index (χ0n) is 26.9. The van der Waals surface area contributed by atoms with Gasteiger partial charge in [-0.3, -0.25) is 9.59 Å². The summed E-state index contributed by atoms with van der Waals surface area (Å²) < 4.78 is 26.4. The topological polar surface area (TPSA) is 116 Å². The molecule has 1 aliphatic carbocycles. The molecule has 1 aromatic heterocycles. The number of methoxy groups -OCH3 is 1. The normalized spacial score (nSPS) is 15.0. The molecule has 6 rings (SSSR count). The second-order valence-electron chi connectivity index (χ2n) is 12.3. The van der Waals surface area contributed by atoms with Gasteiger partial charge < -0.3 is 34.9 Å². The number of ketones is 1. The highest BCUT2D eigenvalue weighted by Crippen LogP contribution is 2.42. The van der Waals surface area contributed by atoms with Crippen LogP contribution in [0.4, 0.5) is 20.6 Å². The Hall–Kier alpha value is -5.16. The number of rotatable bonds is 9. The number of Topliss-reactive ketones (excluding diaryl/α,β-unsaturated/α-hetero) is 1. The first kappa shape index (κ1) is 34.2. The number of carbonyl (C=O) groups excluding carboxylic acids is 3. The van der Waals surface area contributed by atoms with E-state index in [1.165, 1.54) is 13.2 Å². The number of nitrogens with one attached hydrogen (secondary N) is 3. The lowest BCUT2D eigenvalue weighted by atomic mass is 9.97. The smallest absolute Gasteiger partial charge is 0.323 e. The summed E-state index contributed by atoms with van der Waals surface area (Å²) in [6, 6.07) is 14.1. The Balaban J connectivity index is 0.00000451. The van der Waals surface area contributed by atoms with Crippen molar-refractivity contribution < 1.29 is 28.2 Å². The van der Waals surface area contributed by atoms with E-state index >= 15 is 4.39 Å². The Labute approximate surface area is 279 Å². The first-order chi connectivity index (χ1) is 22.6. The van der Waals surface area contributed by atoms with Crippen molar-refractivity contribution in [3.8, 4) is 11.5 Å². The fourth-order valence-electron chi connectivity index (χ4n) is 6.14. The molecule has 0 unspecified atom stereocenters. The van der Waals surface area contributed by atoms with Crippen LogP contribution in [0.5, 0.6) is 11.5 Å². The van der Waals surface area contributed by atoms with Gasteiger partial charge in [-0.2, -0.15) is 0 Å². The van der Waals surface area contributed by atoms with Crippen LogP contribution in [0.2, 0.25) is 0 Å². The number of aromatic nitrogens is 1. The van der Waals surface area contributed by atoms with Gasteiger partial charge >= 0.3 is 6.03 Å². The third-order valence-electron chi connectivity index (χ3n) is 8.72. The Bertz CT molecular complexity index is 1880. The molecule has 3 amide bonds. The summed E-state index contributed by atoms with van der Waals surface area (Å²) in [7, 11) is 7.15. The van der Waals surface area contributed by atoms with E-state index in [9.17, 15) is 14.4 Å². The van der Waals surface area contributed by atoms with Crippen LogP contribution in [-0.4, -0.2) is 73.8 Å². The van der Waals surface area contributed by atoms with E-state index in [0.717, 1.165) is 37.9 Å². The molecule has 1 saturated carbocycles. The number of hydrogen-bond acceptors (Lipinski definition) is 6. The second-order valence-corrected chi connectivity index (χ2v) is 12.3. The van der Waals surface area contributed by atoms with Gasteiger partial charge in [-0.25, -0.2) is 9.18 Å². The van der Waals surface area contributed by atoms with Crippen molar-refractivity contribution in [3.63, 3.8) is 0 Å². The minimum absolute atomic E-state index is 0. The predicted molar refractivity (Wildman–Crippen MR) is 187 cm³/mol. The van der Waals surface area contributed by atoms with Crippen LogP contribution < -0.4 is 20.1 Å². The Morgan fingerprint density at radius 1 is 1.00 bits per heavy atom. The zero-order chi connectivity index (χ0) is 33.2. The zero-order valence-corrected chi connectivity index (χ0v) is 26.9. The molecule has 3 N–H and O–H groups in total. The number of urea groups is 1. The number of allylic oxidation sites excluding steroid dienone is 1. The lowest BCUT2D eigenvalue weighted by Crippen LogP contribution is -2.33. The van der Waals surface area contributed by atoms with Crippen molar-refractivity contribution in [1.29, 1.82) is 0 Å². The number of nitrogens with zero attached hydrogens (tertiary/aromatic N) is 2. The maximum atomic E-state index is 15.0. The molecule has 0 atom stereocenters. The number of hydrogen-bond donors (Lipinski definition) is 3. The van der Waals surface area contributed by atoms with Gasteiger partial charge in [-0.15, -0.1) is 0 Å². The summed E-state index contributed by atoms with van der Waals surface area (Å²) in [5.41, 5.74) is 3.70. The van der Waals surface area contributed by atoms with Crippen LogP contribution in [0, 0.1) is 5.82 Å². The van der Waals surface area contributed by atoms with Crippen LogP contribution in [0.25, 0.3) is 17.0 Å². The summed E-state index contributed by atoms with van der Waals surface area (Å²) in [4.78, 5) is 46.0. The highest BCUT2D eigenvalue weighted by molar-refractivity contribution is 6.16. The highest BCUT2D eigenvalue weighted by atomic mass is 19.1. The summed E-state index contributed by atoms with van der Waals surface area (Å²) >= 11 is 0. The van der Waals surface area contributed by atoms with Crippen molar-refractivity contribution in [1.82, 2.24) is 14.8 Å². The van der Waals surface area contributed by atoms with Gasteiger partial charge in [0.05, 0.1) is 18.2 Å². The minimum atomic E-state index is -0.509. The SMILES string of the molecule is C.COc1cc(F)c2[nH]c(C3CCCC3)c(/C=C3\Oc4ccc(NC(=O)Nc5ccc(C(=O)N(C)CCN(C)C)cc5)cc4C3=O)c2c1. The molecular formula is C37H42FN5O5. The molecule has 0 saturated heterocycles. The molecule has 0 radical (unpaired) electrons. The number of halogens is 1. The fourth-order valence-corrected chi connectivity index (χ4v) is 6.14.